The summed E-state index contributed by atoms with van der Waals surface area (Å²) >= 11 is 7.29. The van der Waals surface area contributed by atoms with Gasteiger partial charge in [-0.2, -0.15) is 0 Å². The van der Waals surface area contributed by atoms with Gasteiger partial charge in [0, 0.05) is 10.8 Å². The van der Waals surface area contributed by atoms with E-state index < -0.39 is 5.97 Å². The third-order valence-corrected chi connectivity index (χ3v) is 4.04. The third-order valence-electron chi connectivity index (χ3n) is 2.89. The van der Waals surface area contributed by atoms with Crippen LogP contribution in [-0.2, 0) is 5.75 Å². The molecule has 0 aliphatic heterocycles. The highest BCUT2D eigenvalue weighted by atomic mass is 35.5. The number of benzene rings is 2. The normalized spacial score (nSPS) is 10.9. The van der Waals surface area contributed by atoms with Crippen LogP contribution in [0.25, 0.3) is 11.1 Å². The standard InChI is InChI=1S/C15H10ClNO3S/c16-11-4-1-9(2-5-11)8-21-15-17-12-7-10(14(18)19)3-6-13(12)20-15/h1-7H,8H2,(H,18,19). The number of hydrogen-bond acceptors (Lipinski definition) is 4. The smallest absolute Gasteiger partial charge is 0.335 e. The van der Waals surface area contributed by atoms with E-state index in [0.717, 1.165) is 5.56 Å². The Labute approximate surface area is 129 Å². The van der Waals surface area contributed by atoms with Crippen LogP contribution in [0, 0.1) is 0 Å². The Bertz CT molecular complexity index is 798. The first kappa shape index (κ1) is 14.0. The third kappa shape index (κ3) is 3.20. The molecule has 0 unspecified atom stereocenters. The molecule has 0 aliphatic carbocycles. The number of aromatic nitrogens is 1. The van der Waals surface area contributed by atoms with Gasteiger partial charge in [-0.15, -0.1) is 0 Å². The topological polar surface area (TPSA) is 63.3 Å². The van der Waals surface area contributed by atoms with Crippen LogP contribution in [0.5, 0.6) is 0 Å². The van der Waals surface area contributed by atoms with Crippen molar-refractivity contribution < 1.29 is 14.3 Å². The average molecular weight is 320 g/mol. The molecule has 21 heavy (non-hydrogen) atoms. The molecule has 2 aromatic carbocycles. The number of nitrogens with zero attached hydrogens (tertiary/aromatic N) is 1. The van der Waals surface area contributed by atoms with Crippen LogP contribution < -0.4 is 0 Å². The van der Waals surface area contributed by atoms with Gasteiger partial charge in [-0.3, -0.25) is 0 Å². The second-order valence-corrected chi connectivity index (χ2v) is 5.75. The van der Waals surface area contributed by atoms with E-state index in [0.29, 0.717) is 27.1 Å². The van der Waals surface area contributed by atoms with Crippen molar-refractivity contribution in [1.29, 1.82) is 0 Å². The van der Waals surface area contributed by atoms with E-state index in [1.807, 2.05) is 24.3 Å². The van der Waals surface area contributed by atoms with Crippen LogP contribution in [0.4, 0.5) is 0 Å². The molecule has 3 rings (SSSR count). The van der Waals surface area contributed by atoms with Crippen LogP contribution in [0.2, 0.25) is 5.02 Å². The molecule has 3 aromatic rings. The molecule has 1 N–H and O–H groups in total. The van der Waals surface area contributed by atoms with Gasteiger partial charge in [-0.1, -0.05) is 35.5 Å². The molecule has 4 nitrogen and oxygen atoms in total. The van der Waals surface area contributed by atoms with Gasteiger partial charge in [0.2, 0.25) is 0 Å². The minimum atomic E-state index is -0.977. The summed E-state index contributed by atoms with van der Waals surface area (Å²) in [6.45, 7) is 0. The van der Waals surface area contributed by atoms with Gasteiger partial charge in [0.1, 0.15) is 5.52 Å². The molecule has 0 radical (unpaired) electrons. The minimum Gasteiger partial charge on any atom is -0.478 e. The number of halogens is 1. The lowest BCUT2D eigenvalue weighted by molar-refractivity contribution is 0.0697. The van der Waals surface area contributed by atoms with Crippen molar-refractivity contribution in [2.45, 2.75) is 11.0 Å². The van der Waals surface area contributed by atoms with Crippen molar-refractivity contribution in [1.82, 2.24) is 4.98 Å². The van der Waals surface area contributed by atoms with Gasteiger partial charge in [-0.25, -0.2) is 9.78 Å². The van der Waals surface area contributed by atoms with Crippen molar-refractivity contribution in [3.05, 3.63) is 58.6 Å². The zero-order valence-electron chi connectivity index (χ0n) is 10.7. The number of carboxylic acids is 1. The Balaban J connectivity index is 1.78. The number of rotatable bonds is 4. The van der Waals surface area contributed by atoms with E-state index in [9.17, 15) is 4.79 Å². The van der Waals surface area contributed by atoms with Crippen LogP contribution in [0.1, 0.15) is 15.9 Å². The van der Waals surface area contributed by atoms with Gasteiger partial charge in [0.15, 0.2) is 5.58 Å². The van der Waals surface area contributed by atoms with Gasteiger partial charge >= 0.3 is 5.97 Å². The van der Waals surface area contributed by atoms with Crippen molar-refractivity contribution in [3.8, 4) is 0 Å². The summed E-state index contributed by atoms with van der Waals surface area (Å²) in [6.07, 6.45) is 0. The fourth-order valence-electron chi connectivity index (χ4n) is 1.83. The van der Waals surface area contributed by atoms with Gasteiger partial charge in [0.25, 0.3) is 5.22 Å². The van der Waals surface area contributed by atoms with Crippen LogP contribution in [-0.4, -0.2) is 16.1 Å². The van der Waals surface area contributed by atoms with E-state index in [1.165, 1.54) is 23.9 Å². The van der Waals surface area contributed by atoms with E-state index >= 15 is 0 Å². The van der Waals surface area contributed by atoms with Crippen LogP contribution in [0.15, 0.2) is 52.1 Å². The molecule has 0 amide bonds. The summed E-state index contributed by atoms with van der Waals surface area (Å²) in [4.78, 5) is 15.2. The summed E-state index contributed by atoms with van der Waals surface area (Å²) in [6, 6.07) is 12.2. The predicted molar refractivity (Wildman–Crippen MR) is 82.0 cm³/mol. The second-order valence-electron chi connectivity index (χ2n) is 4.38. The number of fused-ring (bicyclic) bond motifs is 1. The van der Waals surface area contributed by atoms with Crippen molar-refractivity contribution in [2.75, 3.05) is 0 Å². The molecule has 0 saturated heterocycles. The van der Waals surface area contributed by atoms with Gasteiger partial charge in [0.05, 0.1) is 5.56 Å². The monoisotopic (exact) mass is 319 g/mol. The molecule has 0 fully saturated rings. The van der Waals surface area contributed by atoms with Crippen molar-refractivity contribution >= 4 is 40.4 Å². The first-order valence-electron chi connectivity index (χ1n) is 6.13. The highest BCUT2D eigenvalue weighted by Gasteiger charge is 2.10. The lowest BCUT2D eigenvalue weighted by atomic mass is 10.2. The predicted octanol–water partition coefficient (Wildman–Crippen LogP) is 4.47. The first-order chi connectivity index (χ1) is 10.1. The molecule has 1 heterocycles. The van der Waals surface area contributed by atoms with Gasteiger partial charge < -0.3 is 9.52 Å². The molecular formula is C15H10ClNO3S. The molecule has 0 spiro atoms. The van der Waals surface area contributed by atoms with E-state index in [-0.39, 0.29) is 5.56 Å². The van der Waals surface area contributed by atoms with E-state index in [1.54, 1.807) is 6.07 Å². The zero-order chi connectivity index (χ0) is 14.8. The summed E-state index contributed by atoms with van der Waals surface area (Å²) in [5.74, 6) is -0.272. The largest absolute Gasteiger partial charge is 0.478 e. The Morgan fingerprint density at radius 3 is 2.71 bits per heavy atom. The Morgan fingerprint density at radius 2 is 2.00 bits per heavy atom. The maximum atomic E-state index is 10.9. The summed E-state index contributed by atoms with van der Waals surface area (Å²) < 4.78 is 5.58. The molecule has 6 heteroatoms. The molecule has 106 valence electrons. The lowest BCUT2D eigenvalue weighted by Crippen LogP contribution is -1.94. The first-order valence-corrected chi connectivity index (χ1v) is 7.49. The highest BCUT2D eigenvalue weighted by Crippen LogP contribution is 2.27. The maximum Gasteiger partial charge on any atom is 0.335 e. The fraction of sp³-hybridized carbons (Fsp3) is 0.0667. The van der Waals surface area contributed by atoms with Crippen LogP contribution in [0.3, 0.4) is 0 Å². The fourth-order valence-corrected chi connectivity index (χ4v) is 2.75. The summed E-state index contributed by atoms with van der Waals surface area (Å²) in [5.41, 5.74) is 2.44. The molecule has 1 aromatic heterocycles. The number of oxazole rings is 1. The number of carboxylic acid groups (broad SMARTS) is 1. The zero-order valence-corrected chi connectivity index (χ0v) is 12.3. The Hall–Kier alpha value is -1.98. The molecule has 0 bridgehead atoms. The van der Waals surface area contributed by atoms with E-state index in [2.05, 4.69) is 4.98 Å². The van der Waals surface area contributed by atoms with Crippen LogP contribution >= 0.6 is 23.4 Å². The molecule has 0 saturated carbocycles. The molecule has 0 aliphatic rings. The minimum absolute atomic E-state index is 0.199. The number of thioether (sulfide) groups is 1. The van der Waals surface area contributed by atoms with Crippen molar-refractivity contribution in [2.24, 2.45) is 0 Å². The van der Waals surface area contributed by atoms with Gasteiger partial charge in [-0.05, 0) is 35.9 Å². The number of carbonyl (C=O) groups is 1. The summed E-state index contributed by atoms with van der Waals surface area (Å²) in [7, 11) is 0. The maximum absolute atomic E-state index is 10.9. The number of aromatic carboxylic acids is 1. The Morgan fingerprint density at radius 1 is 1.24 bits per heavy atom. The highest BCUT2D eigenvalue weighted by molar-refractivity contribution is 7.98. The SMILES string of the molecule is O=C(O)c1ccc2oc(SCc3ccc(Cl)cc3)nc2c1. The average Bonchev–Trinajstić information content (AvgIpc) is 2.88. The summed E-state index contributed by atoms with van der Waals surface area (Å²) in [5, 5.41) is 10.2. The molecular weight excluding hydrogens is 310 g/mol. The molecule has 0 atom stereocenters. The second kappa shape index (κ2) is 5.79. The quantitative estimate of drug-likeness (QED) is 0.719. The Kier molecular flexibility index (Phi) is 3.86. The number of hydrogen-bond donors (Lipinski definition) is 1. The lowest BCUT2D eigenvalue weighted by Gasteiger charge is -1.98. The van der Waals surface area contributed by atoms with E-state index in [4.69, 9.17) is 21.1 Å². The van der Waals surface area contributed by atoms with Crippen molar-refractivity contribution in [3.63, 3.8) is 0 Å².